The Hall–Kier alpha value is -0.640. The van der Waals surface area contributed by atoms with Crippen molar-refractivity contribution < 1.29 is 0 Å². The van der Waals surface area contributed by atoms with Crippen molar-refractivity contribution in [1.29, 1.82) is 0 Å². The van der Waals surface area contributed by atoms with Crippen LogP contribution in [0, 0.1) is 16.6 Å². The molecule has 0 aromatic carbocycles. The number of rotatable bonds is 3. The molecule has 0 radical (unpaired) electrons. The highest BCUT2D eigenvalue weighted by Crippen LogP contribution is 2.49. The number of aromatic nitrogens is 3. The Labute approximate surface area is 89.5 Å². The molecular weight excluding hydrogens is 194 g/mol. The van der Waals surface area contributed by atoms with E-state index in [2.05, 4.69) is 24.0 Å². The molecule has 4 heteroatoms. The summed E-state index contributed by atoms with van der Waals surface area (Å²) in [7, 11) is 1.99. The number of H-pyrrole nitrogens is 1. The summed E-state index contributed by atoms with van der Waals surface area (Å²) in [4.78, 5) is 0. The monoisotopic (exact) mass is 211 g/mol. The molecule has 1 heterocycles. The molecule has 2 atom stereocenters. The van der Waals surface area contributed by atoms with Gasteiger partial charge in [-0.2, -0.15) is 5.10 Å². The summed E-state index contributed by atoms with van der Waals surface area (Å²) in [5.74, 6) is 3.41. The molecule has 0 unspecified atom stereocenters. The van der Waals surface area contributed by atoms with E-state index in [0.29, 0.717) is 5.92 Å². The molecule has 0 aliphatic heterocycles. The Bertz CT molecular complexity index is 377. The standard InChI is InChI=1S/C10H17N3S/c1-6(2)4-7-5-8(7)9-11-12-10(14)13(9)3/h6-8H,4-5H2,1-3H3,(H,12,14)/t7-,8-/m1/s1. The van der Waals surface area contributed by atoms with Gasteiger partial charge in [-0.05, 0) is 36.9 Å². The van der Waals surface area contributed by atoms with Gasteiger partial charge >= 0.3 is 0 Å². The van der Waals surface area contributed by atoms with Gasteiger partial charge in [-0.25, -0.2) is 0 Å². The van der Waals surface area contributed by atoms with Gasteiger partial charge in [0.1, 0.15) is 5.82 Å². The highest BCUT2D eigenvalue weighted by Gasteiger charge is 2.41. The Morgan fingerprint density at radius 3 is 2.86 bits per heavy atom. The lowest BCUT2D eigenvalue weighted by Gasteiger charge is -2.02. The Morgan fingerprint density at radius 2 is 2.36 bits per heavy atom. The van der Waals surface area contributed by atoms with E-state index in [1.54, 1.807) is 0 Å². The van der Waals surface area contributed by atoms with Crippen molar-refractivity contribution in [2.75, 3.05) is 0 Å². The molecule has 1 N–H and O–H groups in total. The second-order valence-electron chi connectivity index (χ2n) is 4.68. The maximum absolute atomic E-state index is 5.09. The molecule has 3 nitrogen and oxygen atoms in total. The van der Waals surface area contributed by atoms with Crippen LogP contribution in [0.2, 0.25) is 0 Å². The Morgan fingerprint density at radius 1 is 1.64 bits per heavy atom. The van der Waals surface area contributed by atoms with Gasteiger partial charge in [-0.1, -0.05) is 13.8 Å². The number of aromatic amines is 1. The minimum atomic E-state index is 0.648. The number of hydrogen-bond acceptors (Lipinski definition) is 2. The fourth-order valence-corrected chi connectivity index (χ4v) is 2.26. The zero-order valence-electron chi connectivity index (χ0n) is 8.95. The van der Waals surface area contributed by atoms with E-state index in [0.717, 1.165) is 22.4 Å². The zero-order chi connectivity index (χ0) is 10.3. The largest absolute Gasteiger partial charge is 0.307 e. The fourth-order valence-electron chi connectivity index (χ4n) is 2.12. The number of nitrogens with zero attached hydrogens (tertiary/aromatic N) is 2. The fraction of sp³-hybridized carbons (Fsp3) is 0.800. The first-order valence-corrected chi connectivity index (χ1v) is 5.61. The zero-order valence-corrected chi connectivity index (χ0v) is 9.77. The summed E-state index contributed by atoms with van der Waals surface area (Å²) >= 11 is 5.09. The average molecular weight is 211 g/mol. The summed E-state index contributed by atoms with van der Waals surface area (Å²) < 4.78 is 2.73. The van der Waals surface area contributed by atoms with Crippen LogP contribution in [0.5, 0.6) is 0 Å². The van der Waals surface area contributed by atoms with Crippen molar-refractivity contribution in [3.05, 3.63) is 10.6 Å². The van der Waals surface area contributed by atoms with Gasteiger partial charge < -0.3 is 4.57 Å². The summed E-state index contributed by atoms with van der Waals surface area (Å²) in [5.41, 5.74) is 0. The molecule has 0 bridgehead atoms. The maximum atomic E-state index is 5.09. The third kappa shape index (κ3) is 1.75. The first kappa shape index (κ1) is 9.90. The molecule has 1 fully saturated rings. The molecule has 1 aliphatic carbocycles. The minimum Gasteiger partial charge on any atom is -0.307 e. The van der Waals surface area contributed by atoms with Gasteiger partial charge in [0.15, 0.2) is 4.77 Å². The van der Waals surface area contributed by atoms with Gasteiger partial charge in [0.25, 0.3) is 0 Å². The molecule has 14 heavy (non-hydrogen) atoms. The van der Waals surface area contributed by atoms with Crippen molar-refractivity contribution >= 4 is 12.2 Å². The number of nitrogens with one attached hydrogen (secondary N) is 1. The van der Waals surface area contributed by atoms with E-state index in [4.69, 9.17) is 12.2 Å². The SMILES string of the molecule is CC(C)C[C@@H]1C[C@H]1c1n[nH]c(=S)n1C. The van der Waals surface area contributed by atoms with E-state index in [1.807, 2.05) is 11.6 Å². The average Bonchev–Trinajstić information content (AvgIpc) is 2.75. The summed E-state index contributed by atoms with van der Waals surface area (Å²) in [6.45, 7) is 4.55. The van der Waals surface area contributed by atoms with E-state index in [-0.39, 0.29) is 0 Å². The minimum absolute atomic E-state index is 0.648. The van der Waals surface area contributed by atoms with Gasteiger partial charge in [0.05, 0.1) is 0 Å². The lowest BCUT2D eigenvalue weighted by Crippen LogP contribution is -1.98. The second kappa shape index (κ2) is 3.50. The third-order valence-corrected chi connectivity index (χ3v) is 3.31. The van der Waals surface area contributed by atoms with Gasteiger partial charge in [0.2, 0.25) is 0 Å². The van der Waals surface area contributed by atoms with Crippen LogP contribution in [0.15, 0.2) is 0 Å². The normalized spacial score (nSPS) is 25.7. The molecule has 78 valence electrons. The number of hydrogen-bond donors (Lipinski definition) is 1. The Balaban J connectivity index is 2.06. The molecule has 1 aliphatic rings. The predicted molar refractivity (Wildman–Crippen MR) is 58.7 cm³/mol. The van der Waals surface area contributed by atoms with Gasteiger partial charge in [0, 0.05) is 13.0 Å². The van der Waals surface area contributed by atoms with E-state index >= 15 is 0 Å². The van der Waals surface area contributed by atoms with Gasteiger partial charge in [-0.15, -0.1) is 0 Å². The van der Waals surface area contributed by atoms with Crippen LogP contribution in [-0.2, 0) is 7.05 Å². The lowest BCUT2D eigenvalue weighted by molar-refractivity contribution is 0.526. The van der Waals surface area contributed by atoms with E-state index in [1.165, 1.54) is 12.8 Å². The van der Waals surface area contributed by atoms with Crippen LogP contribution < -0.4 is 0 Å². The maximum Gasteiger partial charge on any atom is 0.194 e. The lowest BCUT2D eigenvalue weighted by atomic mass is 10.1. The van der Waals surface area contributed by atoms with Crippen LogP contribution >= 0.6 is 12.2 Å². The second-order valence-corrected chi connectivity index (χ2v) is 5.06. The highest BCUT2D eigenvalue weighted by atomic mass is 32.1. The Kier molecular flexibility index (Phi) is 2.47. The topological polar surface area (TPSA) is 33.6 Å². The summed E-state index contributed by atoms with van der Waals surface area (Å²) in [6, 6.07) is 0. The summed E-state index contributed by atoms with van der Waals surface area (Å²) in [5, 5.41) is 7.13. The quantitative estimate of drug-likeness (QED) is 0.780. The van der Waals surface area contributed by atoms with Crippen LogP contribution in [0.3, 0.4) is 0 Å². The van der Waals surface area contributed by atoms with Crippen LogP contribution in [0.1, 0.15) is 38.4 Å². The van der Waals surface area contributed by atoms with Crippen LogP contribution in [0.25, 0.3) is 0 Å². The molecular formula is C10H17N3S. The first-order valence-electron chi connectivity index (χ1n) is 5.21. The highest BCUT2D eigenvalue weighted by molar-refractivity contribution is 7.71. The van der Waals surface area contributed by atoms with Crippen molar-refractivity contribution in [2.24, 2.45) is 18.9 Å². The molecule has 1 aromatic rings. The van der Waals surface area contributed by atoms with Crippen molar-refractivity contribution in [3.8, 4) is 0 Å². The van der Waals surface area contributed by atoms with E-state index < -0.39 is 0 Å². The van der Waals surface area contributed by atoms with Gasteiger partial charge in [-0.3, -0.25) is 5.10 Å². The molecule has 1 saturated carbocycles. The molecule has 0 amide bonds. The predicted octanol–water partition coefficient (Wildman–Crippen LogP) is 2.63. The molecule has 1 aromatic heterocycles. The van der Waals surface area contributed by atoms with Crippen LogP contribution in [-0.4, -0.2) is 14.8 Å². The van der Waals surface area contributed by atoms with Crippen LogP contribution in [0.4, 0.5) is 0 Å². The first-order chi connectivity index (χ1) is 6.59. The third-order valence-electron chi connectivity index (χ3n) is 2.94. The van der Waals surface area contributed by atoms with Crippen molar-refractivity contribution in [2.45, 2.75) is 32.6 Å². The molecule has 0 saturated heterocycles. The van der Waals surface area contributed by atoms with Crippen molar-refractivity contribution in [3.63, 3.8) is 0 Å². The summed E-state index contributed by atoms with van der Waals surface area (Å²) in [6.07, 6.45) is 2.59. The van der Waals surface area contributed by atoms with E-state index in [9.17, 15) is 0 Å². The smallest absolute Gasteiger partial charge is 0.194 e. The van der Waals surface area contributed by atoms with Crippen molar-refractivity contribution in [1.82, 2.24) is 14.8 Å². The molecule has 0 spiro atoms. The molecule has 2 rings (SSSR count).